The predicted molar refractivity (Wildman–Crippen MR) is 64.6 cm³/mol. The third-order valence-corrected chi connectivity index (χ3v) is 3.88. The lowest BCUT2D eigenvalue weighted by Gasteiger charge is -2.31. The van der Waals surface area contributed by atoms with E-state index in [1.807, 2.05) is 0 Å². The first-order valence-electron chi connectivity index (χ1n) is 6.78. The largest absolute Gasteiger partial charge is 0.379 e. The average Bonchev–Trinajstić information content (AvgIpc) is 2.33. The highest BCUT2D eigenvalue weighted by atomic mass is 16.5. The molecule has 0 spiro atoms. The minimum Gasteiger partial charge on any atom is -0.379 e. The van der Waals surface area contributed by atoms with E-state index in [9.17, 15) is 0 Å². The maximum absolute atomic E-state index is 6.02. The van der Waals surface area contributed by atoms with Crippen molar-refractivity contribution in [1.82, 2.24) is 4.90 Å². The molecule has 94 valence electrons. The maximum atomic E-state index is 6.02. The van der Waals surface area contributed by atoms with Crippen molar-refractivity contribution in [2.24, 2.45) is 5.92 Å². The van der Waals surface area contributed by atoms with Crippen LogP contribution in [-0.2, 0) is 9.47 Å². The van der Waals surface area contributed by atoms with E-state index in [-0.39, 0.29) is 0 Å². The van der Waals surface area contributed by atoms with Crippen LogP contribution >= 0.6 is 0 Å². The quantitative estimate of drug-likeness (QED) is 0.732. The van der Waals surface area contributed by atoms with Gasteiger partial charge in [-0.2, -0.15) is 0 Å². The molecule has 2 fully saturated rings. The van der Waals surface area contributed by atoms with Crippen LogP contribution in [0.3, 0.4) is 0 Å². The number of rotatable bonds is 4. The van der Waals surface area contributed by atoms with Crippen molar-refractivity contribution in [1.29, 1.82) is 0 Å². The Morgan fingerprint density at radius 1 is 1.19 bits per heavy atom. The van der Waals surface area contributed by atoms with Gasteiger partial charge in [-0.1, -0.05) is 19.8 Å². The number of hydrogen-bond donors (Lipinski definition) is 0. The third kappa shape index (κ3) is 3.72. The summed E-state index contributed by atoms with van der Waals surface area (Å²) >= 11 is 0. The van der Waals surface area contributed by atoms with E-state index in [0.29, 0.717) is 6.10 Å². The molecule has 1 saturated carbocycles. The van der Waals surface area contributed by atoms with Gasteiger partial charge in [-0.15, -0.1) is 0 Å². The zero-order chi connectivity index (χ0) is 11.2. The fourth-order valence-electron chi connectivity index (χ4n) is 2.69. The van der Waals surface area contributed by atoms with E-state index >= 15 is 0 Å². The first-order chi connectivity index (χ1) is 7.86. The number of ether oxygens (including phenoxy) is 2. The second kappa shape index (κ2) is 6.58. The van der Waals surface area contributed by atoms with Gasteiger partial charge < -0.3 is 9.47 Å². The molecule has 3 nitrogen and oxygen atoms in total. The van der Waals surface area contributed by atoms with Crippen LogP contribution in [-0.4, -0.2) is 50.5 Å². The fourth-order valence-corrected chi connectivity index (χ4v) is 2.69. The Bertz CT molecular complexity index is 192. The molecule has 0 aromatic heterocycles. The molecule has 0 bridgehead atoms. The molecule has 1 aliphatic heterocycles. The van der Waals surface area contributed by atoms with Crippen LogP contribution in [0.4, 0.5) is 0 Å². The van der Waals surface area contributed by atoms with E-state index in [1.54, 1.807) is 0 Å². The molecular formula is C13H25NO2. The van der Waals surface area contributed by atoms with Crippen molar-refractivity contribution in [2.45, 2.75) is 38.7 Å². The van der Waals surface area contributed by atoms with E-state index in [1.165, 1.54) is 25.7 Å². The second-order valence-corrected chi connectivity index (χ2v) is 5.12. The first-order valence-corrected chi connectivity index (χ1v) is 6.78. The summed E-state index contributed by atoms with van der Waals surface area (Å²) < 4.78 is 11.3. The summed E-state index contributed by atoms with van der Waals surface area (Å²) in [6.45, 7) is 8.23. The summed E-state index contributed by atoms with van der Waals surface area (Å²) in [5.41, 5.74) is 0. The predicted octanol–water partition coefficient (Wildman–Crippen LogP) is 1.91. The van der Waals surface area contributed by atoms with Crippen molar-refractivity contribution in [3.63, 3.8) is 0 Å². The normalized spacial score (nSPS) is 32.8. The Morgan fingerprint density at radius 2 is 1.94 bits per heavy atom. The molecule has 2 atom stereocenters. The van der Waals surface area contributed by atoms with Gasteiger partial charge in [0.25, 0.3) is 0 Å². The smallest absolute Gasteiger partial charge is 0.0601 e. The van der Waals surface area contributed by atoms with Gasteiger partial charge in [0.05, 0.1) is 25.9 Å². The molecule has 2 unspecified atom stereocenters. The molecule has 1 saturated heterocycles. The molecule has 0 aromatic carbocycles. The van der Waals surface area contributed by atoms with Crippen molar-refractivity contribution < 1.29 is 9.47 Å². The van der Waals surface area contributed by atoms with Gasteiger partial charge in [0.1, 0.15) is 0 Å². The Labute approximate surface area is 99.1 Å². The molecule has 16 heavy (non-hydrogen) atoms. The molecule has 0 amide bonds. The second-order valence-electron chi connectivity index (χ2n) is 5.12. The van der Waals surface area contributed by atoms with Crippen LogP contribution in [0.25, 0.3) is 0 Å². The van der Waals surface area contributed by atoms with Crippen LogP contribution in [0.5, 0.6) is 0 Å². The Balaban J connectivity index is 1.59. The highest BCUT2D eigenvalue weighted by Gasteiger charge is 2.21. The van der Waals surface area contributed by atoms with Crippen LogP contribution in [0, 0.1) is 5.92 Å². The van der Waals surface area contributed by atoms with Gasteiger partial charge in [-0.05, 0) is 18.8 Å². The minimum absolute atomic E-state index is 0.523. The summed E-state index contributed by atoms with van der Waals surface area (Å²) in [6, 6.07) is 0. The third-order valence-electron chi connectivity index (χ3n) is 3.88. The highest BCUT2D eigenvalue weighted by molar-refractivity contribution is 4.72. The average molecular weight is 227 g/mol. The summed E-state index contributed by atoms with van der Waals surface area (Å²) in [7, 11) is 0. The first kappa shape index (κ1) is 12.3. The number of morpholine rings is 1. The van der Waals surface area contributed by atoms with Crippen LogP contribution in [0.15, 0.2) is 0 Å². The summed E-state index contributed by atoms with van der Waals surface area (Å²) in [4.78, 5) is 2.44. The van der Waals surface area contributed by atoms with Crippen LogP contribution < -0.4 is 0 Å². The fraction of sp³-hybridized carbons (Fsp3) is 1.00. The molecule has 0 radical (unpaired) electrons. The lowest BCUT2D eigenvalue weighted by atomic mass is 9.88. The van der Waals surface area contributed by atoms with Crippen LogP contribution in [0.1, 0.15) is 32.6 Å². The Hall–Kier alpha value is -0.120. The lowest BCUT2D eigenvalue weighted by Crippen LogP contribution is -2.39. The lowest BCUT2D eigenvalue weighted by molar-refractivity contribution is -0.0276. The standard InChI is InChI=1S/C13H25NO2/c1-12-4-2-3-5-13(12)16-11-8-14-6-9-15-10-7-14/h12-13H,2-11H2,1H3. The molecule has 0 N–H and O–H groups in total. The van der Waals surface area contributed by atoms with Gasteiger partial charge in [0.2, 0.25) is 0 Å². The van der Waals surface area contributed by atoms with Crippen molar-refractivity contribution >= 4 is 0 Å². The molecule has 1 aliphatic carbocycles. The highest BCUT2D eigenvalue weighted by Crippen LogP contribution is 2.26. The topological polar surface area (TPSA) is 21.7 Å². The minimum atomic E-state index is 0.523. The maximum Gasteiger partial charge on any atom is 0.0601 e. The van der Waals surface area contributed by atoms with Crippen LogP contribution in [0.2, 0.25) is 0 Å². The van der Waals surface area contributed by atoms with Gasteiger partial charge in [-0.3, -0.25) is 4.90 Å². The SMILES string of the molecule is CC1CCCCC1OCCN1CCOCC1. The van der Waals surface area contributed by atoms with E-state index in [2.05, 4.69) is 11.8 Å². The van der Waals surface area contributed by atoms with Gasteiger partial charge in [0.15, 0.2) is 0 Å². The van der Waals surface area contributed by atoms with Crippen molar-refractivity contribution in [3.8, 4) is 0 Å². The van der Waals surface area contributed by atoms with E-state index < -0.39 is 0 Å². The molecule has 2 aliphatic rings. The molecular weight excluding hydrogens is 202 g/mol. The summed E-state index contributed by atoms with van der Waals surface area (Å²) in [6.07, 6.45) is 5.89. The zero-order valence-electron chi connectivity index (χ0n) is 10.5. The molecule has 0 aromatic rings. The van der Waals surface area contributed by atoms with E-state index in [0.717, 1.165) is 45.4 Å². The Kier molecular flexibility index (Phi) is 5.07. The van der Waals surface area contributed by atoms with Gasteiger partial charge in [-0.25, -0.2) is 0 Å². The van der Waals surface area contributed by atoms with Gasteiger partial charge >= 0.3 is 0 Å². The monoisotopic (exact) mass is 227 g/mol. The van der Waals surface area contributed by atoms with Gasteiger partial charge in [0, 0.05) is 19.6 Å². The zero-order valence-corrected chi connectivity index (χ0v) is 10.5. The van der Waals surface area contributed by atoms with Crippen molar-refractivity contribution in [3.05, 3.63) is 0 Å². The Morgan fingerprint density at radius 3 is 2.69 bits per heavy atom. The molecule has 3 heteroatoms. The van der Waals surface area contributed by atoms with Crippen molar-refractivity contribution in [2.75, 3.05) is 39.5 Å². The molecule has 2 rings (SSSR count). The number of nitrogens with zero attached hydrogens (tertiary/aromatic N) is 1. The summed E-state index contributed by atoms with van der Waals surface area (Å²) in [5, 5.41) is 0. The summed E-state index contributed by atoms with van der Waals surface area (Å²) in [5.74, 6) is 0.762. The van der Waals surface area contributed by atoms with E-state index in [4.69, 9.17) is 9.47 Å². The molecule has 1 heterocycles. The number of hydrogen-bond acceptors (Lipinski definition) is 3.